The number of benzene rings is 4. The quantitative estimate of drug-likeness (QED) is 0.107. The number of sulfonamides is 2. The Labute approximate surface area is 258 Å². The Morgan fingerprint density at radius 1 is 0.614 bits per heavy atom. The fourth-order valence-corrected chi connectivity index (χ4v) is 6.55. The van der Waals surface area contributed by atoms with Gasteiger partial charge in [-0.15, -0.1) is 11.3 Å². The van der Waals surface area contributed by atoms with Gasteiger partial charge in [0.15, 0.2) is 0 Å². The topological polar surface area (TPSA) is 182 Å². The molecule has 44 heavy (non-hydrogen) atoms. The summed E-state index contributed by atoms with van der Waals surface area (Å²) >= 11 is 1.64. The van der Waals surface area contributed by atoms with Gasteiger partial charge >= 0.3 is 0 Å². The van der Waals surface area contributed by atoms with Gasteiger partial charge in [0.1, 0.15) is 0 Å². The maximum absolute atomic E-state index is 11.6. The minimum Gasteiger partial charge on any atom is -0.355 e. The van der Waals surface area contributed by atoms with Gasteiger partial charge in [-0.2, -0.15) is 0 Å². The van der Waals surface area contributed by atoms with E-state index in [0.717, 1.165) is 38.0 Å². The lowest BCUT2D eigenvalue weighted by molar-refractivity contribution is 0.595. The number of rotatable bonds is 6. The number of aromatic amines is 1. The number of fused-ring (bicyclic) bond motifs is 2. The van der Waals surface area contributed by atoms with Crippen molar-refractivity contribution in [2.24, 2.45) is 9.04 Å². The highest BCUT2D eigenvalue weighted by Gasteiger charge is 2.13. The number of H-pyrrole nitrogens is 1. The molecule has 6 rings (SSSR count). The van der Waals surface area contributed by atoms with Crippen LogP contribution in [-0.4, -0.2) is 21.8 Å². The van der Waals surface area contributed by atoms with E-state index >= 15 is 0 Å². The van der Waals surface area contributed by atoms with Crippen molar-refractivity contribution in [2.75, 3.05) is 0 Å². The largest absolute Gasteiger partial charge is 0.355 e. The van der Waals surface area contributed by atoms with E-state index in [1.807, 2.05) is 54.6 Å². The van der Waals surface area contributed by atoms with Crippen molar-refractivity contribution in [2.45, 2.75) is 24.6 Å². The van der Waals surface area contributed by atoms with Crippen molar-refractivity contribution in [3.63, 3.8) is 0 Å². The van der Waals surface area contributed by atoms with Crippen LogP contribution in [0.5, 0.6) is 0 Å². The average Bonchev–Trinajstić information content (AvgIpc) is 3.62. The highest BCUT2D eigenvalue weighted by Crippen LogP contribution is 2.34. The van der Waals surface area contributed by atoms with Gasteiger partial charge in [0.05, 0.1) is 9.79 Å². The molecule has 0 radical (unpaired) electrons. The number of hydrogen-bond donors (Lipinski definition) is 1. The Bertz CT molecular complexity index is 2000. The van der Waals surface area contributed by atoms with Crippen molar-refractivity contribution >= 4 is 52.4 Å². The molecule has 1 N–H and O–H groups in total. The number of nitrogens with one attached hydrogen (secondary N) is 1. The molecular formula is C30H27N7O4S3. The van der Waals surface area contributed by atoms with E-state index in [4.69, 9.17) is 11.1 Å². The first-order chi connectivity index (χ1) is 20.2. The molecule has 0 atom stereocenters. The molecule has 0 amide bonds. The van der Waals surface area contributed by atoms with Gasteiger partial charge in [0.2, 0.25) is 0 Å². The molecular weight excluding hydrogens is 619 g/mol. The van der Waals surface area contributed by atoms with Crippen LogP contribution in [0.3, 0.4) is 0 Å². The molecule has 0 spiro atoms. The molecule has 14 heteroatoms. The zero-order chi connectivity index (χ0) is 29.7. The molecule has 4 aromatic carbocycles. The molecule has 11 nitrogen and oxygen atoms in total. The maximum atomic E-state index is 11.6. The Morgan fingerprint density at radius 3 is 1.64 bits per heavy atom. The standard InChI is InChI=1S/C14H10N4O2S.C14H9N3O2S2.2CH4/c15-17-18-21(19,20)12-7-5-10(6-8-12)14-9-11-3-1-2-4-13(11)16-14;15-16-17-21(18,19)12-7-5-10(6-8-12)14-9-11-3-1-2-4-13(11)20-14;;/h1-9,16H;1-9H;2*1H4. The molecule has 6 aromatic rings. The maximum Gasteiger partial charge on any atom is 0.264 e. The summed E-state index contributed by atoms with van der Waals surface area (Å²) < 4.78 is 53.2. The monoisotopic (exact) mass is 645 g/mol. The van der Waals surface area contributed by atoms with Crippen molar-refractivity contribution in [1.29, 1.82) is 0 Å². The molecule has 0 bridgehead atoms. The third kappa shape index (κ3) is 7.27. The molecule has 0 unspecified atom stereocenters. The zero-order valence-corrected chi connectivity index (χ0v) is 23.9. The molecule has 0 aliphatic carbocycles. The van der Waals surface area contributed by atoms with Gasteiger partial charge in [0.25, 0.3) is 20.0 Å². The molecule has 224 valence electrons. The summed E-state index contributed by atoms with van der Waals surface area (Å²) in [4.78, 5) is 8.94. The van der Waals surface area contributed by atoms with Crippen LogP contribution >= 0.6 is 11.3 Å². The normalized spacial score (nSPS) is 10.7. The number of hydrogen-bond acceptors (Lipinski definition) is 5. The van der Waals surface area contributed by atoms with E-state index in [1.54, 1.807) is 35.6 Å². The predicted octanol–water partition coefficient (Wildman–Crippen LogP) is 9.67. The first-order valence-corrected chi connectivity index (χ1v) is 15.8. The third-order valence-corrected chi connectivity index (χ3v) is 9.62. The number of aromatic nitrogens is 1. The fraction of sp³-hybridized carbons (Fsp3) is 0.0667. The Hall–Kier alpha value is -5.10. The summed E-state index contributed by atoms with van der Waals surface area (Å²) in [6.45, 7) is 0. The van der Waals surface area contributed by atoms with Crippen LogP contribution in [0.25, 0.3) is 63.6 Å². The van der Waals surface area contributed by atoms with Crippen molar-refractivity contribution < 1.29 is 16.8 Å². The summed E-state index contributed by atoms with van der Waals surface area (Å²) in [5, 5.41) is 2.24. The Kier molecular flexibility index (Phi) is 10.6. The van der Waals surface area contributed by atoms with Gasteiger partial charge in [-0.05, 0) is 76.1 Å². The molecule has 0 aliphatic rings. The summed E-state index contributed by atoms with van der Waals surface area (Å²) in [5.41, 5.74) is 20.2. The number of azide groups is 2. The van der Waals surface area contributed by atoms with E-state index in [2.05, 4.69) is 29.9 Å². The molecule has 2 aromatic heterocycles. The summed E-state index contributed by atoms with van der Waals surface area (Å²) in [6, 6.07) is 32.5. The van der Waals surface area contributed by atoms with Crippen molar-refractivity contribution in [3.8, 4) is 21.7 Å². The minimum absolute atomic E-state index is 0. The molecule has 0 saturated carbocycles. The van der Waals surface area contributed by atoms with Crippen LogP contribution < -0.4 is 0 Å². The van der Waals surface area contributed by atoms with Gasteiger partial charge < -0.3 is 4.98 Å². The number of para-hydroxylation sites is 1. The lowest BCUT2D eigenvalue weighted by atomic mass is 10.1. The highest BCUT2D eigenvalue weighted by atomic mass is 32.2. The van der Waals surface area contributed by atoms with Gasteiger partial charge in [-0.1, -0.05) is 75.5 Å². The van der Waals surface area contributed by atoms with Crippen LogP contribution in [0.2, 0.25) is 0 Å². The smallest absolute Gasteiger partial charge is 0.264 e. The van der Waals surface area contributed by atoms with Crippen LogP contribution in [-0.2, 0) is 20.0 Å². The highest BCUT2D eigenvalue weighted by molar-refractivity contribution is 7.90. The fourth-order valence-electron chi connectivity index (χ4n) is 4.14. The molecule has 0 saturated heterocycles. The van der Waals surface area contributed by atoms with Gasteiger partial charge in [-0.25, -0.2) is 16.8 Å². The van der Waals surface area contributed by atoms with Crippen molar-refractivity contribution in [3.05, 3.63) is 130 Å². The lowest BCUT2D eigenvalue weighted by Crippen LogP contribution is -1.94. The first kappa shape index (κ1) is 33.4. The van der Waals surface area contributed by atoms with Crippen LogP contribution in [0.1, 0.15) is 14.9 Å². The third-order valence-electron chi connectivity index (χ3n) is 6.14. The molecule has 0 aliphatic heterocycles. The number of nitrogens with zero attached hydrogens (tertiary/aromatic N) is 6. The van der Waals surface area contributed by atoms with E-state index in [9.17, 15) is 16.8 Å². The van der Waals surface area contributed by atoms with Crippen LogP contribution in [0.4, 0.5) is 0 Å². The second kappa shape index (κ2) is 13.9. The summed E-state index contributed by atoms with van der Waals surface area (Å²) in [6.07, 6.45) is 0. The van der Waals surface area contributed by atoms with E-state index < -0.39 is 20.0 Å². The molecule has 2 heterocycles. The zero-order valence-electron chi connectivity index (χ0n) is 21.4. The van der Waals surface area contributed by atoms with E-state index in [0.29, 0.717) is 0 Å². The van der Waals surface area contributed by atoms with Gasteiger partial charge in [0, 0.05) is 45.0 Å². The summed E-state index contributed by atoms with van der Waals surface area (Å²) in [5.74, 6) is 0. The van der Waals surface area contributed by atoms with Crippen LogP contribution in [0.15, 0.2) is 128 Å². The Morgan fingerprint density at radius 2 is 1.11 bits per heavy atom. The average molecular weight is 646 g/mol. The minimum atomic E-state index is -3.94. The second-order valence-electron chi connectivity index (χ2n) is 8.76. The number of thiophene rings is 1. The van der Waals surface area contributed by atoms with E-state index in [-0.39, 0.29) is 24.6 Å². The van der Waals surface area contributed by atoms with E-state index in [1.165, 1.54) is 29.0 Å². The summed E-state index contributed by atoms with van der Waals surface area (Å²) in [7, 11) is -7.86. The van der Waals surface area contributed by atoms with Crippen LogP contribution in [0, 0.1) is 0 Å². The van der Waals surface area contributed by atoms with Crippen molar-refractivity contribution in [1.82, 2.24) is 4.98 Å². The second-order valence-corrected chi connectivity index (χ2v) is 13.0. The Balaban J connectivity index is 0.000000230. The SMILES string of the molecule is C.C.[N-]=[N+]=NS(=O)(=O)c1ccc(-c2cc3ccccc3[nH]2)cc1.[N-]=[N+]=NS(=O)(=O)c1ccc(-c2cc3ccccc3s2)cc1. The molecule has 0 fully saturated rings. The first-order valence-electron chi connectivity index (χ1n) is 12.1. The lowest BCUT2D eigenvalue weighted by Gasteiger charge is -2.00. The van der Waals surface area contributed by atoms with Gasteiger partial charge in [-0.3, -0.25) is 0 Å². The predicted molar refractivity (Wildman–Crippen MR) is 177 cm³/mol.